The molecule has 1 aliphatic heterocycles. The van der Waals surface area contributed by atoms with Gasteiger partial charge in [-0.1, -0.05) is 23.4 Å². The predicted octanol–water partition coefficient (Wildman–Crippen LogP) is 2.88. The van der Waals surface area contributed by atoms with E-state index in [-0.39, 0.29) is 16.3 Å². The first-order chi connectivity index (χ1) is 8.47. The van der Waals surface area contributed by atoms with E-state index in [4.69, 9.17) is 11.6 Å². The maximum Gasteiger partial charge on any atom is 0.228 e. The average Bonchev–Trinajstić information content (AvgIpc) is 2.62. The van der Waals surface area contributed by atoms with Crippen LogP contribution < -0.4 is 4.90 Å². The van der Waals surface area contributed by atoms with Crippen LogP contribution in [0.25, 0.3) is 0 Å². The van der Waals surface area contributed by atoms with E-state index in [0.717, 1.165) is 0 Å². The number of amides is 1. The molecule has 0 radical (unpaired) electrons. The number of thioether (sulfide) groups is 1. The van der Waals surface area contributed by atoms with Crippen molar-refractivity contribution < 1.29 is 9.59 Å². The lowest BCUT2D eigenvalue weighted by Gasteiger charge is -2.16. The monoisotopic (exact) mass is 348 g/mol. The number of pyridine rings is 1. The van der Waals surface area contributed by atoms with E-state index < -0.39 is 0 Å². The van der Waals surface area contributed by atoms with Crippen molar-refractivity contribution >= 4 is 56.0 Å². The zero-order valence-corrected chi connectivity index (χ0v) is 12.7. The molecule has 0 saturated carbocycles. The minimum atomic E-state index is 0.00442. The van der Waals surface area contributed by atoms with Gasteiger partial charge in [-0.05, 0) is 22.0 Å². The fourth-order valence-corrected chi connectivity index (χ4v) is 3.16. The summed E-state index contributed by atoms with van der Waals surface area (Å²) in [5, 5.41) is 0.412. The molecule has 0 aliphatic carbocycles. The van der Waals surface area contributed by atoms with Gasteiger partial charge >= 0.3 is 0 Å². The van der Waals surface area contributed by atoms with Crippen LogP contribution >= 0.6 is 39.3 Å². The van der Waals surface area contributed by atoms with E-state index in [9.17, 15) is 9.59 Å². The predicted molar refractivity (Wildman–Crippen MR) is 76.0 cm³/mol. The molecule has 18 heavy (non-hydrogen) atoms. The topological polar surface area (TPSA) is 50.3 Å². The van der Waals surface area contributed by atoms with Crippen LogP contribution in [-0.4, -0.2) is 27.8 Å². The van der Waals surface area contributed by atoms with E-state index >= 15 is 0 Å². The van der Waals surface area contributed by atoms with Crippen molar-refractivity contribution in [2.24, 2.45) is 0 Å². The highest BCUT2D eigenvalue weighted by Gasteiger charge is 2.32. The molecule has 96 valence electrons. The largest absolute Gasteiger partial charge is 0.310 e. The summed E-state index contributed by atoms with van der Waals surface area (Å²) in [5.74, 6) is 0.00442. The molecule has 7 heteroatoms. The fraction of sp³-hybridized carbons (Fsp3) is 0.364. The zero-order chi connectivity index (χ0) is 13.3. The maximum absolute atomic E-state index is 11.9. The molecule has 2 heterocycles. The highest BCUT2D eigenvalue weighted by Crippen LogP contribution is 2.31. The first kappa shape index (κ1) is 13.8. The number of anilines is 1. The van der Waals surface area contributed by atoms with Crippen molar-refractivity contribution in [3.05, 3.63) is 21.9 Å². The van der Waals surface area contributed by atoms with Gasteiger partial charge in [-0.3, -0.25) is 9.59 Å². The van der Waals surface area contributed by atoms with Crippen molar-refractivity contribution in [3.8, 4) is 0 Å². The molecule has 2 rings (SSSR count). The van der Waals surface area contributed by atoms with E-state index in [1.54, 1.807) is 17.2 Å². The SMILES string of the molecule is CC(=O)SC1CC(=O)N(c2cnc(Cl)c(Br)c2)C1. The molecule has 1 saturated heterocycles. The van der Waals surface area contributed by atoms with Gasteiger partial charge in [0.15, 0.2) is 5.12 Å². The van der Waals surface area contributed by atoms with E-state index in [0.29, 0.717) is 28.3 Å². The standard InChI is InChI=1S/C11H10BrClN2O2S/c1-6(16)18-8-3-10(17)15(5-8)7-2-9(12)11(13)14-4-7/h2,4,8H,3,5H2,1H3. The Labute approximate surface area is 122 Å². The molecule has 4 nitrogen and oxygen atoms in total. The van der Waals surface area contributed by atoms with Gasteiger partial charge in [0.05, 0.1) is 16.4 Å². The minimum absolute atomic E-state index is 0.00442. The molecular formula is C11H10BrClN2O2S. The Kier molecular flexibility index (Phi) is 4.29. The van der Waals surface area contributed by atoms with Gasteiger partial charge in [0, 0.05) is 25.1 Å². The summed E-state index contributed by atoms with van der Waals surface area (Å²) < 4.78 is 0.650. The van der Waals surface area contributed by atoms with Gasteiger partial charge in [-0.2, -0.15) is 0 Å². The summed E-state index contributed by atoms with van der Waals surface area (Å²) in [7, 11) is 0. The highest BCUT2D eigenvalue weighted by atomic mass is 79.9. The number of hydrogen-bond acceptors (Lipinski definition) is 4. The number of halogens is 2. The van der Waals surface area contributed by atoms with Gasteiger partial charge in [-0.15, -0.1) is 0 Å². The first-order valence-corrected chi connectivity index (χ1v) is 7.31. The maximum atomic E-state index is 11.9. The van der Waals surface area contributed by atoms with Crippen molar-refractivity contribution in [3.63, 3.8) is 0 Å². The van der Waals surface area contributed by atoms with Crippen LogP contribution in [0.1, 0.15) is 13.3 Å². The molecular weight excluding hydrogens is 340 g/mol. The second kappa shape index (κ2) is 5.59. The van der Waals surface area contributed by atoms with Crippen LogP contribution in [0.3, 0.4) is 0 Å². The van der Waals surface area contributed by atoms with Crippen LogP contribution in [0, 0.1) is 0 Å². The summed E-state index contributed by atoms with van der Waals surface area (Å²) in [5.41, 5.74) is 0.697. The van der Waals surface area contributed by atoms with Gasteiger partial charge in [0.1, 0.15) is 5.15 Å². The van der Waals surface area contributed by atoms with Crippen LogP contribution in [0.15, 0.2) is 16.7 Å². The lowest BCUT2D eigenvalue weighted by Crippen LogP contribution is -2.25. The Hall–Kier alpha value is -0.590. The minimum Gasteiger partial charge on any atom is -0.310 e. The Morgan fingerprint density at radius 1 is 1.67 bits per heavy atom. The fourth-order valence-electron chi connectivity index (χ4n) is 1.80. The van der Waals surface area contributed by atoms with E-state index in [1.807, 2.05) is 0 Å². The number of hydrogen-bond donors (Lipinski definition) is 0. The third-order valence-corrected chi connectivity index (χ3v) is 4.63. The number of aromatic nitrogens is 1. The van der Waals surface area contributed by atoms with E-state index in [2.05, 4.69) is 20.9 Å². The van der Waals surface area contributed by atoms with Crippen molar-refractivity contribution in [1.29, 1.82) is 0 Å². The summed E-state index contributed by atoms with van der Waals surface area (Å²) in [4.78, 5) is 28.6. The summed E-state index contributed by atoms with van der Waals surface area (Å²) in [6.07, 6.45) is 1.94. The number of rotatable bonds is 2. The molecule has 1 aliphatic rings. The van der Waals surface area contributed by atoms with Crippen LogP contribution in [0.2, 0.25) is 5.15 Å². The molecule has 0 aromatic carbocycles. The number of nitrogens with zero attached hydrogens (tertiary/aromatic N) is 2. The Morgan fingerprint density at radius 2 is 2.39 bits per heavy atom. The molecule has 1 unspecified atom stereocenters. The van der Waals surface area contributed by atoms with Gasteiger partial charge in [0.25, 0.3) is 0 Å². The molecule has 1 aromatic heterocycles. The molecule has 0 spiro atoms. The van der Waals surface area contributed by atoms with Crippen LogP contribution in [0.5, 0.6) is 0 Å². The normalized spacial score (nSPS) is 19.4. The van der Waals surface area contributed by atoms with Crippen molar-refractivity contribution in [2.75, 3.05) is 11.4 Å². The number of carbonyl (C=O) groups excluding carboxylic acids is 2. The van der Waals surface area contributed by atoms with Gasteiger partial charge in [0.2, 0.25) is 5.91 Å². The van der Waals surface area contributed by atoms with Crippen molar-refractivity contribution in [1.82, 2.24) is 4.98 Å². The third-order valence-electron chi connectivity index (χ3n) is 2.52. The Balaban J connectivity index is 2.16. The van der Waals surface area contributed by atoms with E-state index in [1.165, 1.54) is 18.7 Å². The second-order valence-corrected chi connectivity index (χ2v) is 6.60. The lowest BCUT2D eigenvalue weighted by molar-refractivity contribution is -0.117. The molecule has 1 atom stereocenters. The van der Waals surface area contributed by atoms with Gasteiger partial charge < -0.3 is 4.90 Å². The average molecular weight is 350 g/mol. The Morgan fingerprint density at radius 3 is 3.00 bits per heavy atom. The second-order valence-electron chi connectivity index (χ2n) is 3.91. The lowest BCUT2D eigenvalue weighted by atomic mass is 10.4. The van der Waals surface area contributed by atoms with Gasteiger partial charge in [-0.25, -0.2) is 4.98 Å². The molecule has 0 bridgehead atoms. The molecule has 1 fully saturated rings. The Bertz CT molecular complexity index is 512. The van der Waals surface area contributed by atoms with Crippen LogP contribution in [0.4, 0.5) is 5.69 Å². The summed E-state index contributed by atoms with van der Waals surface area (Å²) in [6, 6.07) is 1.76. The quantitative estimate of drug-likeness (QED) is 0.770. The highest BCUT2D eigenvalue weighted by molar-refractivity contribution is 9.10. The smallest absolute Gasteiger partial charge is 0.228 e. The molecule has 0 N–H and O–H groups in total. The molecule has 1 amide bonds. The summed E-state index contributed by atoms with van der Waals surface area (Å²) >= 11 is 10.3. The van der Waals surface area contributed by atoms with Crippen LogP contribution in [-0.2, 0) is 9.59 Å². The summed E-state index contributed by atoms with van der Waals surface area (Å²) in [6.45, 7) is 2.04. The first-order valence-electron chi connectivity index (χ1n) is 5.26. The number of carbonyl (C=O) groups is 2. The zero-order valence-electron chi connectivity index (χ0n) is 9.52. The van der Waals surface area contributed by atoms with Crippen molar-refractivity contribution in [2.45, 2.75) is 18.6 Å². The third kappa shape index (κ3) is 3.05. The molecule has 1 aromatic rings.